The lowest BCUT2D eigenvalue weighted by molar-refractivity contribution is 0.0293. The lowest BCUT2D eigenvalue weighted by Crippen LogP contribution is -2.36. The Labute approximate surface area is 174 Å². The number of carbonyl (C=O) groups is 1. The number of nitrogens with zero attached hydrogens (tertiary/aromatic N) is 6. The fourth-order valence-corrected chi connectivity index (χ4v) is 3.25. The minimum absolute atomic E-state index is 0.0419. The van der Waals surface area contributed by atoms with Gasteiger partial charge in [0.25, 0.3) is 0 Å². The molecule has 4 rings (SSSR count). The molecule has 10 heteroatoms. The Morgan fingerprint density at radius 3 is 2.70 bits per heavy atom. The first kappa shape index (κ1) is 19.9. The van der Waals surface area contributed by atoms with Crippen molar-refractivity contribution in [2.45, 2.75) is 38.8 Å². The van der Waals surface area contributed by atoms with Crippen LogP contribution < -0.4 is 10.1 Å². The molecule has 0 spiro atoms. The summed E-state index contributed by atoms with van der Waals surface area (Å²) in [5.74, 6) is 1.23. The van der Waals surface area contributed by atoms with Crippen LogP contribution in [-0.4, -0.2) is 67.8 Å². The molecule has 1 N–H and O–H groups in total. The van der Waals surface area contributed by atoms with Gasteiger partial charge in [0.1, 0.15) is 11.4 Å². The summed E-state index contributed by atoms with van der Waals surface area (Å²) in [6.07, 6.45) is 2.12. The molecule has 30 heavy (non-hydrogen) atoms. The Bertz CT molecular complexity index is 1040. The predicted molar refractivity (Wildman–Crippen MR) is 111 cm³/mol. The molecule has 3 aromatic rings. The van der Waals surface area contributed by atoms with Gasteiger partial charge in [-0.2, -0.15) is 9.67 Å². The summed E-state index contributed by atoms with van der Waals surface area (Å²) in [6.45, 7) is 6.74. The number of likely N-dealkylation sites (tertiary alicyclic amines) is 1. The van der Waals surface area contributed by atoms with E-state index in [-0.39, 0.29) is 12.1 Å². The Hall–Kier alpha value is -3.43. The normalized spacial score (nSPS) is 16.7. The van der Waals surface area contributed by atoms with Gasteiger partial charge in [0.15, 0.2) is 11.2 Å². The number of ether oxygens (including phenoxy) is 2. The lowest BCUT2D eigenvalue weighted by Gasteiger charge is -2.24. The number of benzene rings is 1. The number of fused-ring (bicyclic) bond motifs is 1. The van der Waals surface area contributed by atoms with E-state index in [1.54, 1.807) is 22.9 Å². The Morgan fingerprint density at radius 1 is 1.23 bits per heavy atom. The molecule has 0 aliphatic carbocycles. The molecule has 1 atom stereocenters. The van der Waals surface area contributed by atoms with Gasteiger partial charge in [-0.3, -0.25) is 0 Å². The molecule has 158 valence electrons. The van der Waals surface area contributed by atoms with Crippen LogP contribution in [0.1, 0.15) is 27.2 Å². The van der Waals surface area contributed by atoms with Gasteiger partial charge in [-0.05, 0) is 51.5 Å². The number of carbonyl (C=O) groups excluding carboxylic acids is 1. The Balaban J connectivity index is 1.48. The van der Waals surface area contributed by atoms with Gasteiger partial charge in [0, 0.05) is 19.1 Å². The number of aromatic nitrogens is 5. The topological polar surface area (TPSA) is 107 Å². The quantitative estimate of drug-likeness (QED) is 0.698. The summed E-state index contributed by atoms with van der Waals surface area (Å²) in [5, 5.41) is 11.6. The number of anilines is 1. The molecule has 1 amide bonds. The maximum atomic E-state index is 12.3. The highest BCUT2D eigenvalue weighted by molar-refractivity contribution is 5.72. The van der Waals surface area contributed by atoms with Crippen molar-refractivity contribution in [2.24, 2.45) is 0 Å². The second-order valence-electron chi connectivity index (χ2n) is 8.16. The zero-order chi connectivity index (χ0) is 21.3. The molecule has 1 unspecified atom stereocenters. The van der Waals surface area contributed by atoms with E-state index in [1.807, 2.05) is 45.0 Å². The molecule has 1 aliphatic rings. The van der Waals surface area contributed by atoms with E-state index < -0.39 is 5.60 Å². The summed E-state index contributed by atoms with van der Waals surface area (Å²) < 4.78 is 12.3. The molecule has 1 saturated heterocycles. The average molecular weight is 411 g/mol. The van der Waals surface area contributed by atoms with Crippen LogP contribution >= 0.6 is 0 Å². The van der Waals surface area contributed by atoms with Crippen molar-refractivity contribution >= 4 is 23.2 Å². The van der Waals surface area contributed by atoms with Crippen LogP contribution in [0.4, 0.5) is 10.7 Å². The fourth-order valence-electron chi connectivity index (χ4n) is 3.25. The summed E-state index contributed by atoms with van der Waals surface area (Å²) in [6, 6.07) is 7.52. The minimum Gasteiger partial charge on any atom is -0.497 e. The smallest absolute Gasteiger partial charge is 0.410 e. The van der Waals surface area contributed by atoms with Crippen molar-refractivity contribution in [3.05, 3.63) is 30.5 Å². The number of amides is 1. The molecule has 10 nitrogen and oxygen atoms in total. The number of rotatable bonds is 4. The van der Waals surface area contributed by atoms with E-state index in [0.29, 0.717) is 30.2 Å². The van der Waals surface area contributed by atoms with E-state index in [1.165, 1.54) is 0 Å². The van der Waals surface area contributed by atoms with Crippen molar-refractivity contribution in [3.63, 3.8) is 0 Å². The average Bonchev–Trinajstić information content (AvgIpc) is 3.34. The monoisotopic (exact) mass is 411 g/mol. The first-order valence-electron chi connectivity index (χ1n) is 9.80. The van der Waals surface area contributed by atoms with E-state index in [2.05, 4.69) is 25.6 Å². The van der Waals surface area contributed by atoms with Gasteiger partial charge >= 0.3 is 6.09 Å². The second-order valence-corrected chi connectivity index (χ2v) is 8.16. The largest absolute Gasteiger partial charge is 0.497 e. The van der Waals surface area contributed by atoms with Crippen LogP contribution in [0.3, 0.4) is 0 Å². The Kier molecular flexibility index (Phi) is 5.15. The van der Waals surface area contributed by atoms with Crippen molar-refractivity contribution in [1.82, 2.24) is 29.9 Å². The summed E-state index contributed by atoms with van der Waals surface area (Å²) in [7, 11) is 1.62. The Morgan fingerprint density at radius 2 is 2.00 bits per heavy atom. The predicted octanol–water partition coefficient (Wildman–Crippen LogP) is 2.64. The highest BCUT2D eigenvalue weighted by Gasteiger charge is 2.30. The third kappa shape index (κ3) is 4.27. The number of methoxy groups -OCH3 is 1. The fraction of sp³-hybridized carbons (Fsp3) is 0.450. The number of hydrogen-bond acceptors (Lipinski definition) is 8. The van der Waals surface area contributed by atoms with Crippen molar-refractivity contribution in [3.8, 4) is 11.4 Å². The van der Waals surface area contributed by atoms with Crippen molar-refractivity contribution in [2.75, 3.05) is 25.5 Å². The summed E-state index contributed by atoms with van der Waals surface area (Å²) >= 11 is 0. The van der Waals surface area contributed by atoms with Crippen LogP contribution in [-0.2, 0) is 4.74 Å². The first-order valence-corrected chi connectivity index (χ1v) is 9.80. The molecule has 1 fully saturated rings. The third-order valence-electron chi connectivity index (χ3n) is 4.68. The number of hydrogen-bond donors (Lipinski definition) is 1. The van der Waals surface area contributed by atoms with Gasteiger partial charge in [-0.15, -0.1) is 5.10 Å². The molecule has 1 aromatic carbocycles. The molecule has 2 aromatic heterocycles. The van der Waals surface area contributed by atoms with E-state index in [0.717, 1.165) is 17.9 Å². The molecule has 3 heterocycles. The highest BCUT2D eigenvalue weighted by atomic mass is 16.6. The molecule has 0 bridgehead atoms. The van der Waals surface area contributed by atoms with Gasteiger partial charge < -0.3 is 19.7 Å². The van der Waals surface area contributed by atoms with E-state index in [9.17, 15) is 4.79 Å². The van der Waals surface area contributed by atoms with Crippen LogP contribution in [0.5, 0.6) is 5.75 Å². The standard InChI is InChI=1S/C20H25N7O3/c1-20(2,3)30-19(28)26-10-9-13(12-26)22-18-21-11-16-17(23-18)27(25-24-16)14-5-7-15(29-4)8-6-14/h5-8,11,13H,9-10,12H2,1-4H3,(H,21,22,23). The number of nitrogens with one attached hydrogen (secondary N) is 1. The van der Waals surface area contributed by atoms with Crippen molar-refractivity contribution < 1.29 is 14.3 Å². The van der Waals surface area contributed by atoms with Crippen LogP contribution in [0, 0.1) is 0 Å². The third-order valence-corrected chi connectivity index (χ3v) is 4.68. The first-order chi connectivity index (χ1) is 14.3. The van der Waals surface area contributed by atoms with Crippen molar-refractivity contribution in [1.29, 1.82) is 0 Å². The molecule has 1 aliphatic heterocycles. The molecular formula is C20H25N7O3. The lowest BCUT2D eigenvalue weighted by atomic mass is 10.2. The maximum Gasteiger partial charge on any atom is 0.410 e. The zero-order valence-electron chi connectivity index (χ0n) is 17.5. The van der Waals surface area contributed by atoms with Crippen LogP contribution in [0.2, 0.25) is 0 Å². The zero-order valence-corrected chi connectivity index (χ0v) is 17.5. The maximum absolute atomic E-state index is 12.3. The van der Waals surface area contributed by atoms with Gasteiger partial charge in [-0.1, -0.05) is 5.21 Å². The molecule has 0 radical (unpaired) electrons. The van der Waals surface area contributed by atoms with Crippen LogP contribution in [0.15, 0.2) is 30.5 Å². The van der Waals surface area contributed by atoms with E-state index in [4.69, 9.17) is 9.47 Å². The SMILES string of the molecule is COc1ccc(-n2nnc3cnc(NC4CCN(C(=O)OC(C)(C)C)C4)nc32)cc1. The molecular weight excluding hydrogens is 386 g/mol. The minimum atomic E-state index is -0.510. The van der Waals surface area contributed by atoms with Crippen LogP contribution in [0.25, 0.3) is 16.9 Å². The highest BCUT2D eigenvalue weighted by Crippen LogP contribution is 2.20. The van der Waals surface area contributed by atoms with Gasteiger partial charge in [-0.25, -0.2) is 9.78 Å². The molecule has 0 saturated carbocycles. The summed E-state index contributed by atoms with van der Waals surface area (Å²) in [4.78, 5) is 22.9. The van der Waals surface area contributed by atoms with Gasteiger partial charge in [0.05, 0.1) is 19.0 Å². The van der Waals surface area contributed by atoms with Gasteiger partial charge in [0.2, 0.25) is 5.95 Å². The van der Waals surface area contributed by atoms with E-state index >= 15 is 0 Å². The second kappa shape index (κ2) is 7.77. The summed E-state index contributed by atoms with van der Waals surface area (Å²) in [5.41, 5.74) is 1.50.